The maximum atomic E-state index is 8.74. The topological polar surface area (TPSA) is 90.2 Å². The molecular weight excluding hydrogens is 384 g/mol. The van der Waals surface area contributed by atoms with Crippen LogP contribution in [0.25, 0.3) is 0 Å². The molecule has 4 rings (SSSR count). The Hall–Kier alpha value is -1.87. The summed E-state index contributed by atoms with van der Waals surface area (Å²) < 4.78 is 31.6. The van der Waals surface area contributed by atoms with Gasteiger partial charge in [0.15, 0.2) is 0 Å². The zero-order valence-corrected chi connectivity index (χ0v) is 16.3. The van der Waals surface area contributed by atoms with Gasteiger partial charge in [-0.3, -0.25) is 14.1 Å². The zero-order chi connectivity index (χ0) is 19.3. The lowest BCUT2D eigenvalue weighted by Gasteiger charge is -2.31. The average molecular weight is 407 g/mol. The van der Waals surface area contributed by atoms with Crippen LogP contribution < -0.4 is 0 Å². The van der Waals surface area contributed by atoms with Gasteiger partial charge in [-0.2, -0.15) is 8.42 Å². The third-order valence-electron chi connectivity index (χ3n) is 4.39. The number of amidine groups is 1. The molecule has 2 N–H and O–H groups in total. The molecule has 2 aliphatic heterocycles. The van der Waals surface area contributed by atoms with Crippen LogP contribution in [0.15, 0.2) is 70.6 Å². The molecular formula is C19H22N2O4S2. The molecule has 8 heteroatoms. The van der Waals surface area contributed by atoms with E-state index in [2.05, 4.69) is 65.6 Å². The van der Waals surface area contributed by atoms with Crippen molar-refractivity contribution in [2.45, 2.75) is 29.0 Å². The summed E-state index contributed by atoms with van der Waals surface area (Å²) >= 11 is 1.97. The second-order valence-electron chi connectivity index (χ2n) is 6.37. The Balaban J connectivity index is 0.000000376. The summed E-state index contributed by atoms with van der Waals surface area (Å²) in [6, 6.07) is 21.7. The fourth-order valence-corrected chi connectivity index (χ4v) is 4.55. The van der Waals surface area contributed by atoms with Gasteiger partial charge >= 0.3 is 10.4 Å². The first-order valence-corrected chi connectivity index (χ1v) is 11.0. The lowest BCUT2D eigenvalue weighted by Crippen LogP contribution is -2.40. The predicted octanol–water partition coefficient (Wildman–Crippen LogP) is 3.74. The van der Waals surface area contributed by atoms with E-state index in [-0.39, 0.29) is 0 Å². The Morgan fingerprint density at radius 2 is 1.59 bits per heavy atom. The summed E-state index contributed by atoms with van der Waals surface area (Å²) in [5.41, 5.74) is 1.34. The molecule has 0 radical (unpaired) electrons. The zero-order valence-electron chi connectivity index (χ0n) is 14.7. The van der Waals surface area contributed by atoms with E-state index in [4.69, 9.17) is 22.5 Å². The van der Waals surface area contributed by atoms with Gasteiger partial charge in [-0.05, 0) is 30.5 Å². The van der Waals surface area contributed by atoms with Crippen molar-refractivity contribution in [3.05, 3.63) is 66.2 Å². The molecule has 0 amide bonds. The molecule has 1 saturated heterocycles. The Labute approximate surface area is 163 Å². The molecule has 2 heterocycles. The second kappa shape index (κ2) is 8.88. The molecule has 2 aromatic carbocycles. The van der Waals surface area contributed by atoms with Crippen molar-refractivity contribution in [3.63, 3.8) is 0 Å². The van der Waals surface area contributed by atoms with Crippen LogP contribution in [0.4, 0.5) is 0 Å². The summed E-state index contributed by atoms with van der Waals surface area (Å²) in [6.07, 6.45) is 2.50. The lowest BCUT2D eigenvalue weighted by atomic mass is 10.1. The van der Waals surface area contributed by atoms with E-state index in [1.165, 1.54) is 29.1 Å². The van der Waals surface area contributed by atoms with Crippen LogP contribution in [0.1, 0.15) is 24.4 Å². The number of aliphatic imine (C=N–C) groups is 1. The van der Waals surface area contributed by atoms with Gasteiger partial charge in [0.1, 0.15) is 5.84 Å². The lowest BCUT2D eigenvalue weighted by molar-refractivity contribution is 0.381. The number of rotatable bonds is 3. The number of hydrogen-bond donors (Lipinski definition) is 2. The van der Waals surface area contributed by atoms with E-state index in [9.17, 15) is 0 Å². The third-order valence-corrected chi connectivity index (χ3v) is 5.67. The van der Waals surface area contributed by atoms with Crippen molar-refractivity contribution in [1.82, 2.24) is 4.90 Å². The maximum absolute atomic E-state index is 8.74. The largest absolute Gasteiger partial charge is 0.394 e. The summed E-state index contributed by atoms with van der Waals surface area (Å²) in [5, 5.41) is 0.505. The molecule has 2 atom stereocenters. The highest BCUT2D eigenvalue weighted by Gasteiger charge is 2.34. The van der Waals surface area contributed by atoms with Crippen molar-refractivity contribution < 1.29 is 17.5 Å². The fourth-order valence-electron chi connectivity index (χ4n) is 3.30. The molecule has 2 unspecified atom stereocenters. The highest BCUT2D eigenvalue weighted by molar-refractivity contribution is 8.00. The highest BCUT2D eigenvalue weighted by Crippen LogP contribution is 2.36. The van der Waals surface area contributed by atoms with E-state index in [1.54, 1.807) is 0 Å². The van der Waals surface area contributed by atoms with E-state index in [0.717, 1.165) is 13.1 Å². The minimum absolute atomic E-state index is 0.313. The van der Waals surface area contributed by atoms with Crippen LogP contribution in [0.5, 0.6) is 0 Å². The standard InChI is InChI=1S/C19H20N2S.H2O4S/c1-3-8-15(9-4-1)17-14-21-13-7-12-18(19(21)20-17)22-16-10-5-2-6-11-16;1-5(2,3)4/h1-6,8-11,17-18H,7,12-14H2;(H2,1,2,3,4). The van der Waals surface area contributed by atoms with Crippen LogP contribution in [0.2, 0.25) is 0 Å². The van der Waals surface area contributed by atoms with Crippen molar-refractivity contribution in [2.75, 3.05) is 13.1 Å². The van der Waals surface area contributed by atoms with Gasteiger partial charge in [-0.25, -0.2) is 0 Å². The Kier molecular flexibility index (Phi) is 6.54. The Morgan fingerprint density at radius 3 is 2.22 bits per heavy atom. The minimum atomic E-state index is -4.67. The normalized spacial score (nSPS) is 21.7. The molecule has 27 heavy (non-hydrogen) atoms. The first-order valence-electron chi connectivity index (χ1n) is 8.69. The molecule has 0 saturated carbocycles. The minimum Gasteiger partial charge on any atom is -0.357 e. The molecule has 0 bridgehead atoms. The van der Waals surface area contributed by atoms with Gasteiger partial charge in [0, 0.05) is 18.0 Å². The number of fused-ring (bicyclic) bond motifs is 1. The molecule has 2 aliphatic rings. The molecule has 2 aromatic rings. The van der Waals surface area contributed by atoms with Gasteiger partial charge < -0.3 is 4.90 Å². The smallest absolute Gasteiger partial charge is 0.357 e. The second-order valence-corrected chi connectivity index (χ2v) is 8.54. The van der Waals surface area contributed by atoms with Gasteiger partial charge in [0.2, 0.25) is 0 Å². The summed E-state index contributed by atoms with van der Waals surface area (Å²) in [7, 11) is -4.67. The van der Waals surface area contributed by atoms with Crippen LogP contribution in [0, 0.1) is 0 Å². The maximum Gasteiger partial charge on any atom is 0.394 e. The van der Waals surface area contributed by atoms with E-state index >= 15 is 0 Å². The van der Waals surface area contributed by atoms with Crippen LogP contribution in [0.3, 0.4) is 0 Å². The molecule has 0 aromatic heterocycles. The van der Waals surface area contributed by atoms with E-state index in [1.807, 2.05) is 11.8 Å². The monoisotopic (exact) mass is 406 g/mol. The Bertz CT molecular complexity index is 865. The van der Waals surface area contributed by atoms with Crippen LogP contribution in [-0.4, -0.2) is 46.6 Å². The molecule has 0 aliphatic carbocycles. The van der Waals surface area contributed by atoms with Gasteiger partial charge in [0.25, 0.3) is 0 Å². The SMILES string of the molecule is O=S(=O)(O)O.c1ccc(SC2CCCN3CC(c4ccccc4)N=C23)cc1. The number of benzene rings is 2. The number of nitrogens with zero attached hydrogens (tertiary/aromatic N) is 2. The number of thioether (sulfide) groups is 1. The fraction of sp³-hybridized carbons (Fsp3) is 0.316. The van der Waals surface area contributed by atoms with Crippen molar-refractivity contribution in [1.29, 1.82) is 0 Å². The number of hydrogen-bond acceptors (Lipinski definition) is 5. The first-order chi connectivity index (χ1) is 12.9. The summed E-state index contributed by atoms with van der Waals surface area (Å²) in [4.78, 5) is 8.93. The van der Waals surface area contributed by atoms with Crippen LogP contribution >= 0.6 is 11.8 Å². The Morgan fingerprint density at radius 1 is 1.00 bits per heavy atom. The quantitative estimate of drug-likeness (QED) is 0.755. The molecule has 1 fully saturated rings. The number of piperidine rings is 1. The van der Waals surface area contributed by atoms with E-state index in [0.29, 0.717) is 11.3 Å². The van der Waals surface area contributed by atoms with Crippen LogP contribution in [-0.2, 0) is 10.4 Å². The van der Waals surface area contributed by atoms with Gasteiger partial charge in [-0.15, -0.1) is 11.8 Å². The summed E-state index contributed by atoms with van der Waals surface area (Å²) in [5.74, 6) is 1.31. The molecule has 144 valence electrons. The highest BCUT2D eigenvalue weighted by atomic mass is 32.3. The average Bonchev–Trinajstić information content (AvgIpc) is 3.07. The van der Waals surface area contributed by atoms with Crippen molar-refractivity contribution >= 4 is 28.0 Å². The third kappa shape index (κ3) is 6.07. The van der Waals surface area contributed by atoms with Gasteiger partial charge in [0.05, 0.1) is 11.3 Å². The van der Waals surface area contributed by atoms with Crippen molar-refractivity contribution in [2.24, 2.45) is 4.99 Å². The van der Waals surface area contributed by atoms with E-state index < -0.39 is 10.4 Å². The first kappa shape index (κ1) is 19.9. The van der Waals surface area contributed by atoms with Crippen molar-refractivity contribution in [3.8, 4) is 0 Å². The summed E-state index contributed by atoms with van der Waals surface area (Å²) in [6.45, 7) is 2.21. The predicted molar refractivity (Wildman–Crippen MR) is 108 cm³/mol. The molecule has 0 spiro atoms. The molecule has 6 nitrogen and oxygen atoms in total. The van der Waals surface area contributed by atoms with Gasteiger partial charge in [-0.1, -0.05) is 48.5 Å².